The number of nitrogens with zero attached hydrogens (tertiary/aromatic N) is 1. The van der Waals surface area contributed by atoms with Crippen LogP contribution in [-0.2, 0) is 14.3 Å². The zero-order valence-corrected chi connectivity index (χ0v) is 17.8. The second-order valence-electron chi connectivity index (χ2n) is 6.25. The molecule has 0 bridgehead atoms. The summed E-state index contributed by atoms with van der Waals surface area (Å²) in [4.78, 5) is 50.2. The average Bonchev–Trinajstić information content (AvgIpc) is 3.28. The average molecular weight is 432 g/mol. The maximum atomic E-state index is 12.4. The standard InChI is InChI=1S/C21H25N3O5S/c1-3-24(4-2)21(28)15-7-5-8-16(13-15)23-18(25)14-29-19(26)10-11-22-20(27)17-9-6-12-30-17/h5-9,12-13H,3-4,10-11,14H2,1-2H3,(H,22,27)(H,23,25). The fourth-order valence-electron chi connectivity index (χ4n) is 2.61. The highest BCUT2D eigenvalue weighted by molar-refractivity contribution is 7.12. The van der Waals surface area contributed by atoms with Crippen LogP contribution in [0, 0.1) is 0 Å². The van der Waals surface area contributed by atoms with E-state index in [0.29, 0.717) is 29.2 Å². The summed E-state index contributed by atoms with van der Waals surface area (Å²) < 4.78 is 4.92. The van der Waals surface area contributed by atoms with Crippen molar-refractivity contribution in [3.63, 3.8) is 0 Å². The minimum Gasteiger partial charge on any atom is -0.456 e. The van der Waals surface area contributed by atoms with E-state index in [4.69, 9.17) is 4.74 Å². The van der Waals surface area contributed by atoms with E-state index in [1.54, 1.807) is 46.7 Å². The lowest BCUT2D eigenvalue weighted by molar-refractivity contribution is -0.147. The number of ether oxygens (including phenoxy) is 1. The number of rotatable bonds is 10. The monoisotopic (exact) mass is 431 g/mol. The third-order valence-electron chi connectivity index (χ3n) is 4.17. The predicted molar refractivity (Wildman–Crippen MR) is 115 cm³/mol. The number of carbonyl (C=O) groups is 4. The molecule has 0 radical (unpaired) electrons. The quantitative estimate of drug-likeness (QED) is 0.563. The van der Waals surface area contributed by atoms with Crippen molar-refractivity contribution in [2.75, 3.05) is 31.6 Å². The molecule has 0 saturated heterocycles. The van der Waals surface area contributed by atoms with Gasteiger partial charge in [-0.1, -0.05) is 12.1 Å². The lowest BCUT2D eigenvalue weighted by atomic mass is 10.1. The zero-order chi connectivity index (χ0) is 21.9. The molecular weight excluding hydrogens is 406 g/mol. The maximum absolute atomic E-state index is 12.4. The molecule has 3 amide bonds. The van der Waals surface area contributed by atoms with Gasteiger partial charge in [-0.05, 0) is 43.5 Å². The number of anilines is 1. The van der Waals surface area contributed by atoms with Gasteiger partial charge in [0.1, 0.15) is 0 Å². The van der Waals surface area contributed by atoms with Crippen molar-refractivity contribution in [3.8, 4) is 0 Å². The number of hydrogen-bond acceptors (Lipinski definition) is 6. The topological polar surface area (TPSA) is 105 Å². The number of thiophene rings is 1. The summed E-state index contributed by atoms with van der Waals surface area (Å²) in [6, 6.07) is 10.0. The van der Waals surface area contributed by atoms with Crippen LogP contribution in [0.1, 0.15) is 40.3 Å². The molecule has 0 aliphatic rings. The zero-order valence-electron chi connectivity index (χ0n) is 17.0. The Morgan fingerprint density at radius 1 is 1.07 bits per heavy atom. The SMILES string of the molecule is CCN(CC)C(=O)c1cccc(NC(=O)COC(=O)CCNC(=O)c2cccs2)c1. The van der Waals surface area contributed by atoms with E-state index in [-0.39, 0.29) is 24.8 Å². The molecule has 2 N–H and O–H groups in total. The Balaban J connectivity index is 1.75. The molecule has 9 heteroatoms. The molecule has 0 fully saturated rings. The van der Waals surface area contributed by atoms with Crippen LogP contribution in [0.5, 0.6) is 0 Å². The lowest BCUT2D eigenvalue weighted by Crippen LogP contribution is -2.30. The molecular formula is C21H25N3O5S. The Kier molecular flexibility index (Phi) is 9.02. The minimum absolute atomic E-state index is 0.0434. The Morgan fingerprint density at radius 2 is 1.83 bits per heavy atom. The molecule has 0 spiro atoms. The number of hydrogen-bond donors (Lipinski definition) is 2. The summed E-state index contributed by atoms with van der Waals surface area (Å²) in [6.07, 6.45) is -0.0434. The first-order valence-corrected chi connectivity index (χ1v) is 10.5. The van der Waals surface area contributed by atoms with Crippen molar-refractivity contribution in [2.45, 2.75) is 20.3 Å². The van der Waals surface area contributed by atoms with Crippen LogP contribution in [0.2, 0.25) is 0 Å². The Morgan fingerprint density at radius 3 is 2.50 bits per heavy atom. The van der Waals surface area contributed by atoms with Crippen molar-refractivity contribution in [1.29, 1.82) is 0 Å². The van der Waals surface area contributed by atoms with Gasteiger partial charge in [0.05, 0.1) is 11.3 Å². The van der Waals surface area contributed by atoms with Gasteiger partial charge in [0.15, 0.2) is 6.61 Å². The summed E-state index contributed by atoms with van der Waals surface area (Å²) in [5.74, 6) is -1.48. The van der Waals surface area contributed by atoms with Crippen LogP contribution >= 0.6 is 11.3 Å². The van der Waals surface area contributed by atoms with E-state index < -0.39 is 18.5 Å². The molecule has 1 aromatic carbocycles. The number of carbonyl (C=O) groups excluding carboxylic acids is 4. The van der Waals surface area contributed by atoms with Crippen molar-refractivity contribution in [1.82, 2.24) is 10.2 Å². The first-order chi connectivity index (χ1) is 14.4. The van der Waals surface area contributed by atoms with Gasteiger partial charge in [-0.15, -0.1) is 11.3 Å². The third-order valence-corrected chi connectivity index (χ3v) is 5.04. The van der Waals surface area contributed by atoms with Gasteiger partial charge >= 0.3 is 5.97 Å². The Labute approximate surface area is 179 Å². The molecule has 30 heavy (non-hydrogen) atoms. The van der Waals surface area contributed by atoms with Gasteiger partial charge in [0.2, 0.25) is 0 Å². The first-order valence-electron chi connectivity index (χ1n) is 9.61. The van der Waals surface area contributed by atoms with Gasteiger partial charge < -0.3 is 20.3 Å². The molecule has 8 nitrogen and oxygen atoms in total. The molecule has 1 heterocycles. The summed E-state index contributed by atoms with van der Waals surface area (Å²) in [5, 5.41) is 7.01. The first kappa shape index (κ1) is 23.1. The van der Waals surface area contributed by atoms with E-state index in [2.05, 4.69) is 10.6 Å². The van der Waals surface area contributed by atoms with Crippen LogP contribution in [-0.4, -0.2) is 54.8 Å². The molecule has 0 atom stereocenters. The second-order valence-corrected chi connectivity index (χ2v) is 7.20. The van der Waals surface area contributed by atoms with Gasteiger partial charge in [-0.25, -0.2) is 0 Å². The number of amides is 3. The molecule has 2 rings (SSSR count). The molecule has 1 aromatic heterocycles. The van der Waals surface area contributed by atoms with Crippen LogP contribution in [0.3, 0.4) is 0 Å². The lowest BCUT2D eigenvalue weighted by Gasteiger charge is -2.19. The smallest absolute Gasteiger partial charge is 0.308 e. The van der Waals surface area contributed by atoms with Crippen molar-refractivity contribution in [3.05, 3.63) is 52.2 Å². The van der Waals surface area contributed by atoms with Crippen LogP contribution in [0.4, 0.5) is 5.69 Å². The summed E-state index contributed by atoms with van der Waals surface area (Å²) >= 11 is 1.31. The van der Waals surface area contributed by atoms with Crippen molar-refractivity contribution >= 4 is 40.7 Å². The third kappa shape index (κ3) is 7.00. The fraction of sp³-hybridized carbons (Fsp3) is 0.333. The minimum atomic E-state index is -0.595. The van der Waals surface area contributed by atoms with Crippen LogP contribution < -0.4 is 10.6 Å². The normalized spacial score (nSPS) is 10.2. The summed E-state index contributed by atoms with van der Waals surface area (Å²) in [6.45, 7) is 4.65. The Bertz CT molecular complexity index is 879. The maximum Gasteiger partial charge on any atom is 0.308 e. The largest absolute Gasteiger partial charge is 0.456 e. The van der Waals surface area contributed by atoms with Crippen LogP contribution in [0.15, 0.2) is 41.8 Å². The summed E-state index contributed by atoms with van der Waals surface area (Å²) in [5.41, 5.74) is 0.909. The molecule has 0 aliphatic carbocycles. The molecule has 160 valence electrons. The second kappa shape index (κ2) is 11.7. The van der Waals surface area contributed by atoms with E-state index in [9.17, 15) is 19.2 Å². The number of esters is 1. The van der Waals surface area contributed by atoms with Gasteiger partial charge in [0, 0.05) is 30.9 Å². The highest BCUT2D eigenvalue weighted by Gasteiger charge is 2.14. The predicted octanol–water partition coefficient (Wildman–Crippen LogP) is 2.53. The van der Waals surface area contributed by atoms with Gasteiger partial charge in [0.25, 0.3) is 17.7 Å². The van der Waals surface area contributed by atoms with Gasteiger partial charge in [-0.3, -0.25) is 19.2 Å². The highest BCUT2D eigenvalue weighted by atomic mass is 32.1. The highest BCUT2D eigenvalue weighted by Crippen LogP contribution is 2.13. The van der Waals surface area contributed by atoms with E-state index in [1.165, 1.54) is 11.3 Å². The molecule has 2 aromatic rings. The van der Waals surface area contributed by atoms with Crippen molar-refractivity contribution < 1.29 is 23.9 Å². The number of nitrogens with one attached hydrogen (secondary N) is 2. The Hall–Kier alpha value is -3.20. The summed E-state index contributed by atoms with van der Waals surface area (Å²) in [7, 11) is 0. The van der Waals surface area contributed by atoms with Gasteiger partial charge in [-0.2, -0.15) is 0 Å². The van der Waals surface area contributed by atoms with Crippen LogP contribution in [0.25, 0.3) is 0 Å². The van der Waals surface area contributed by atoms with E-state index in [1.807, 2.05) is 13.8 Å². The molecule has 0 unspecified atom stereocenters. The van der Waals surface area contributed by atoms with Crippen molar-refractivity contribution in [2.24, 2.45) is 0 Å². The van der Waals surface area contributed by atoms with E-state index in [0.717, 1.165) is 0 Å². The molecule has 0 saturated carbocycles. The molecule has 0 aliphatic heterocycles. The number of benzene rings is 1. The fourth-order valence-corrected chi connectivity index (χ4v) is 3.25. The van der Waals surface area contributed by atoms with E-state index >= 15 is 0 Å².